The van der Waals surface area contributed by atoms with Crippen molar-refractivity contribution in [3.63, 3.8) is 0 Å². The van der Waals surface area contributed by atoms with Crippen molar-refractivity contribution < 1.29 is 22.8 Å². The molecule has 0 bridgehead atoms. The summed E-state index contributed by atoms with van der Waals surface area (Å²) < 4.78 is 38.4. The third kappa shape index (κ3) is 4.27. The molecule has 0 radical (unpaired) electrons. The van der Waals surface area contributed by atoms with Crippen LogP contribution in [0.5, 0.6) is 0 Å². The molecule has 1 aliphatic heterocycles. The summed E-state index contributed by atoms with van der Waals surface area (Å²) >= 11 is 5.02. The Bertz CT molecular complexity index is 1030. The van der Waals surface area contributed by atoms with Gasteiger partial charge in [0.1, 0.15) is 5.57 Å². The van der Waals surface area contributed by atoms with Crippen molar-refractivity contribution in [2.24, 2.45) is 0 Å². The number of hydrogen-bond donors (Lipinski definition) is 1. The van der Waals surface area contributed by atoms with Crippen molar-refractivity contribution in [2.75, 3.05) is 6.54 Å². The fraction of sp³-hybridized carbons (Fsp3) is 0.0952. The number of rotatable bonds is 4. The molecule has 8 heteroatoms. The molecule has 3 rings (SSSR count). The third-order valence-corrected chi connectivity index (χ3v) is 4.60. The molecule has 0 aliphatic carbocycles. The van der Waals surface area contributed by atoms with Gasteiger partial charge in [-0.05, 0) is 47.1 Å². The predicted molar refractivity (Wildman–Crippen MR) is 108 cm³/mol. The lowest BCUT2D eigenvalue weighted by atomic mass is 9.96. The molecule has 0 unspecified atom stereocenters. The second-order valence-electron chi connectivity index (χ2n) is 6.18. The Morgan fingerprint density at radius 1 is 1.07 bits per heavy atom. The van der Waals surface area contributed by atoms with E-state index < -0.39 is 23.6 Å². The fourth-order valence-electron chi connectivity index (χ4n) is 2.87. The van der Waals surface area contributed by atoms with E-state index in [0.29, 0.717) is 16.7 Å². The molecule has 0 aromatic heterocycles. The van der Waals surface area contributed by atoms with E-state index in [1.165, 1.54) is 29.2 Å². The van der Waals surface area contributed by atoms with Crippen molar-refractivity contribution in [3.8, 4) is 11.1 Å². The molecule has 1 fully saturated rings. The maximum Gasteiger partial charge on any atom is 0.416 e. The van der Waals surface area contributed by atoms with Crippen LogP contribution >= 0.6 is 12.2 Å². The molecular formula is C21H15F3N2O2S. The first-order valence-corrected chi connectivity index (χ1v) is 8.89. The number of amides is 2. The zero-order valence-electron chi connectivity index (χ0n) is 15.0. The highest BCUT2D eigenvalue weighted by Crippen LogP contribution is 2.32. The van der Waals surface area contributed by atoms with Gasteiger partial charge in [-0.3, -0.25) is 19.8 Å². The molecule has 2 aromatic carbocycles. The van der Waals surface area contributed by atoms with Gasteiger partial charge in [0, 0.05) is 6.54 Å². The van der Waals surface area contributed by atoms with Gasteiger partial charge in [0.15, 0.2) is 5.11 Å². The maximum absolute atomic E-state index is 12.8. The summed E-state index contributed by atoms with van der Waals surface area (Å²) in [6.07, 6.45) is -1.54. The van der Waals surface area contributed by atoms with Crippen LogP contribution in [0.3, 0.4) is 0 Å². The van der Waals surface area contributed by atoms with Crippen LogP contribution in [-0.2, 0) is 15.8 Å². The lowest BCUT2D eigenvalue weighted by Crippen LogP contribution is -2.53. The van der Waals surface area contributed by atoms with Crippen molar-refractivity contribution in [3.05, 3.63) is 77.9 Å². The Balaban J connectivity index is 2.02. The van der Waals surface area contributed by atoms with E-state index in [-0.39, 0.29) is 17.2 Å². The molecule has 1 heterocycles. The van der Waals surface area contributed by atoms with Gasteiger partial charge in [0.05, 0.1) is 5.56 Å². The minimum atomic E-state index is -4.43. The van der Waals surface area contributed by atoms with Gasteiger partial charge >= 0.3 is 6.18 Å². The smallest absolute Gasteiger partial charge is 0.298 e. The summed E-state index contributed by atoms with van der Waals surface area (Å²) in [7, 11) is 0. The number of halogens is 3. The first kappa shape index (κ1) is 20.5. The first-order chi connectivity index (χ1) is 13.7. The molecule has 29 heavy (non-hydrogen) atoms. The van der Waals surface area contributed by atoms with E-state index in [0.717, 1.165) is 12.1 Å². The first-order valence-electron chi connectivity index (χ1n) is 8.49. The van der Waals surface area contributed by atoms with Gasteiger partial charge in [-0.15, -0.1) is 6.58 Å². The van der Waals surface area contributed by atoms with Crippen molar-refractivity contribution in [1.29, 1.82) is 0 Å². The average Bonchev–Trinajstić information content (AvgIpc) is 2.68. The Hall–Kier alpha value is -3.26. The maximum atomic E-state index is 12.8. The van der Waals surface area contributed by atoms with Crippen LogP contribution in [0.1, 0.15) is 11.1 Å². The molecule has 1 N–H and O–H groups in total. The molecule has 1 aliphatic rings. The van der Waals surface area contributed by atoms with Crippen LogP contribution in [0.4, 0.5) is 13.2 Å². The number of nitrogens with one attached hydrogen (secondary N) is 1. The highest BCUT2D eigenvalue weighted by Gasteiger charge is 2.33. The highest BCUT2D eigenvalue weighted by molar-refractivity contribution is 7.80. The molecule has 0 atom stereocenters. The van der Waals surface area contributed by atoms with Crippen LogP contribution in [0, 0.1) is 0 Å². The van der Waals surface area contributed by atoms with E-state index in [1.807, 2.05) is 0 Å². The molecule has 0 spiro atoms. The summed E-state index contributed by atoms with van der Waals surface area (Å²) in [5.41, 5.74) is 0.731. The summed E-state index contributed by atoms with van der Waals surface area (Å²) in [4.78, 5) is 26.2. The van der Waals surface area contributed by atoms with Crippen LogP contribution in [-0.4, -0.2) is 28.4 Å². The summed E-state index contributed by atoms with van der Waals surface area (Å²) in [6, 6.07) is 11.5. The standard InChI is InChI=1S/C21H15F3N2O2S/c1-2-11-26-19(28)17(18(27)25-20(26)29)12-14-5-3-4-6-16(14)13-7-9-15(10-8-13)21(22,23)24/h2-10,12H,1,11H2,(H,25,27,29). The lowest BCUT2D eigenvalue weighted by Gasteiger charge is -2.27. The zero-order chi connectivity index (χ0) is 21.2. The number of carbonyl (C=O) groups is 2. The largest absolute Gasteiger partial charge is 0.416 e. The van der Waals surface area contributed by atoms with Crippen LogP contribution in [0.25, 0.3) is 17.2 Å². The van der Waals surface area contributed by atoms with Gasteiger partial charge in [-0.2, -0.15) is 13.2 Å². The minimum Gasteiger partial charge on any atom is -0.298 e. The fourth-order valence-corrected chi connectivity index (χ4v) is 3.12. The number of nitrogens with zero attached hydrogens (tertiary/aromatic N) is 1. The molecular weight excluding hydrogens is 401 g/mol. The number of alkyl halides is 3. The Labute approximate surface area is 170 Å². The average molecular weight is 416 g/mol. The van der Waals surface area contributed by atoms with Crippen LogP contribution in [0.15, 0.2) is 66.8 Å². The summed E-state index contributed by atoms with van der Waals surface area (Å²) in [6.45, 7) is 3.70. The molecule has 0 saturated carbocycles. The zero-order valence-corrected chi connectivity index (χ0v) is 15.8. The normalized spacial score (nSPS) is 16.2. The summed E-state index contributed by atoms with van der Waals surface area (Å²) in [5.74, 6) is -1.21. The van der Waals surface area contributed by atoms with Crippen molar-refractivity contribution in [2.45, 2.75) is 6.18 Å². The highest BCUT2D eigenvalue weighted by atomic mass is 32.1. The number of benzene rings is 2. The van der Waals surface area contributed by atoms with Crippen molar-refractivity contribution >= 4 is 35.2 Å². The van der Waals surface area contributed by atoms with Crippen molar-refractivity contribution in [1.82, 2.24) is 10.2 Å². The number of thiocarbonyl (C=S) groups is 1. The SMILES string of the molecule is C=CCN1C(=O)C(=Cc2ccccc2-c2ccc(C(F)(F)F)cc2)C(=O)NC1=S. The Morgan fingerprint density at radius 2 is 1.72 bits per heavy atom. The predicted octanol–water partition coefficient (Wildman–Crippen LogP) is 4.19. The second-order valence-corrected chi connectivity index (χ2v) is 6.57. The molecule has 2 amide bonds. The monoisotopic (exact) mass is 416 g/mol. The van der Waals surface area contributed by atoms with Gasteiger partial charge in [0.2, 0.25) is 0 Å². The Kier molecular flexibility index (Phi) is 5.65. The van der Waals surface area contributed by atoms with Crippen LogP contribution in [0.2, 0.25) is 0 Å². The van der Waals surface area contributed by atoms with Gasteiger partial charge in [-0.1, -0.05) is 42.5 Å². The quantitative estimate of drug-likeness (QED) is 0.352. The molecule has 1 saturated heterocycles. The van der Waals surface area contributed by atoms with E-state index >= 15 is 0 Å². The van der Waals surface area contributed by atoms with E-state index in [1.54, 1.807) is 24.3 Å². The summed E-state index contributed by atoms with van der Waals surface area (Å²) in [5, 5.41) is 2.45. The lowest BCUT2D eigenvalue weighted by molar-refractivity contribution is -0.137. The van der Waals surface area contributed by atoms with Gasteiger partial charge in [-0.25, -0.2) is 0 Å². The molecule has 148 valence electrons. The molecule has 2 aromatic rings. The van der Waals surface area contributed by atoms with Gasteiger partial charge < -0.3 is 0 Å². The minimum absolute atomic E-state index is 0.00641. The Morgan fingerprint density at radius 3 is 2.34 bits per heavy atom. The topological polar surface area (TPSA) is 49.4 Å². The third-order valence-electron chi connectivity index (χ3n) is 4.28. The molecule has 4 nitrogen and oxygen atoms in total. The van der Waals surface area contributed by atoms with E-state index in [4.69, 9.17) is 12.2 Å². The van der Waals surface area contributed by atoms with E-state index in [9.17, 15) is 22.8 Å². The van der Waals surface area contributed by atoms with Crippen LogP contribution < -0.4 is 5.32 Å². The second kappa shape index (κ2) is 8.00. The number of carbonyl (C=O) groups excluding carboxylic acids is 2. The van der Waals surface area contributed by atoms with Gasteiger partial charge in [0.25, 0.3) is 11.8 Å². The van der Waals surface area contributed by atoms with E-state index in [2.05, 4.69) is 11.9 Å². The number of hydrogen-bond acceptors (Lipinski definition) is 3.